The summed E-state index contributed by atoms with van der Waals surface area (Å²) in [5.74, 6) is 0.714. The molecule has 0 N–H and O–H groups in total. The van der Waals surface area contributed by atoms with Gasteiger partial charge in [-0.1, -0.05) is 47.8 Å². The largest absolute Gasteiger partial charge is 0.492 e. The third kappa shape index (κ3) is 4.80. The molecule has 0 radical (unpaired) electrons. The number of hydrogen-bond acceptors (Lipinski definition) is 4. The summed E-state index contributed by atoms with van der Waals surface area (Å²) in [6, 6.07) is 20.5. The van der Waals surface area contributed by atoms with Crippen molar-refractivity contribution in [1.29, 1.82) is 0 Å². The van der Waals surface area contributed by atoms with Crippen LogP contribution in [0.1, 0.15) is 36.0 Å². The first-order chi connectivity index (χ1) is 17.3. The SMILES string of the molecule is CN(CCOc1ccc2c(c1)C(C1(c3ccc(Cl)cc3)CCC1)=NCC2)S(=O)(=O)c1ccc(Cl)cc1. The van der Waals surface area contributed by atoms with E-state index >= 15 is 0 Å². The molecule has 0 saturated heterocycles. The van der Waals surface area contributed by atoms with Gasteiger partial charge in [0.05, 0.1) is 10.6 Å². The van der Waals surface area contributed by atoms with Crippen molar-refractivity contribution in [1.82, 2.24) is 4.31 Å². The average Bonchev–Trinajstić information content (AvgIpc) is 2.85. The summed E-state index contributed by atoms with van der Waals surface area (Å²) in [6.07, 6.45) is 4.19. The van der Waals surface area contributed by atoms with Crippen molar-refractivity contribution in [2.75, 3.05) is 26.7 Å². The number of fused-ring (bicyclic) bond motifs is 1. The van der Waals surface area contributed by atoms with Gasteiger partial charge in [0.25, 0.3) is 0 Å². The summed E-state index contributed by atoms with van der Waals surface area (Å²) in [5.41, 5.74) is 4.70. The second-order valence-corrected chi connectivity index (χ2v) is 12.3. The first-order valence-corrected chi connectivity index (χ1v) is 14.3. The van der Waals surface area contributed by atoms with Crippen molar-refractivity contribution in [3.05, 3.63) is 93.5 Å². The Labute approximate surface area is 222 Å². The lowest BCUT2D eigenvalue weighted by Crippen LogP contribution is -2.44. The lowest BCUT2D eigenvalue weighted by Gasteiger charge is -2.45. The molecule has 8 heteroatoms. The van der Waals surface area contributed by atoms with E-state index in [1.54, 1.807) is 19.2 Å². The molecule has 1 aliphatic carbocycles. The van der Waals surface area contributed by atoms with E-state index in [-0.39, 0.29) is 23.5 Å². The molecule has 0 unspecified atom stereocenters. The fourth-order valence-electron chi connectivity index (χ4n) is 5.03. The fraction of sp³-hybridized carbons (Fsp3) is 0.321. The van der Waals surface area contributed by atoms with Crippen molar-refractivity contribution in [2.24, 2.45) is 4.99 Å². The van der Waals surface area contributed by atoms with Gasteiger partial charge in [-0.2, -0.15) is 4.31 Å². The zero-order valence-electron chi connectivity index (χ0n) is 20.1. The Morgan fingerprint density at radius 2 is 1.64 bits per heavy atom. The summed E-state index contributed by atoms with van der Waals surface area (Å²) in [4.78, 5) is 5.22. The third-order valence-corrected chi connectivity index (χ3v) is 9.62. The quantitative estimate of drug-likeness (QED) is 0.342. The molecule has 0 aromatic heterocycles. The minimum atomic E-state index is -3.62. The molecule has 1 fully saturated rings. The van der Waals surface area contributed by atoms with Crippen LogP contribution in [0.4, 0.5) is 0 Å². The number of rotatable bonds is 8. The molecule has 1 saturated carbocycles. The third-order valence-electron chi connectivity index (χ3n) is 7.24. The molecule has 3 aromatic carbocycles. The molecule has 36 heavy (non-hydrogen) atoms. The second kappa shape index (κ2) is 10.2. The maximum absolute atomic E-state index is 12.8. The summed E-state index contributed by atoms with van der Waals surface area (Å²) in [6.45, 7) is 1.24. The Hall–Kier alpha value is -2.38. The zero-order valence-corrected chi connectivity index (χ0v) is 22.4. The molecule has 3 aromatic rings. The smallest absolute Gasteiger partial charge is 0.242 e. The normalized spacial score (nSPS) is 16.7. The van der Waals surface area contributed by atoms with Crippen molar-refractivity contribution in [2.45, 2.75) is 36.0 Å². The van der Waals surface area contributed by atoms with Crippen LogP contribution in [0.5, 0.6) is 5.75 Å². The average molecular weight is 544 g/mol. The summed E-state index contributed by atoms with van der Waals surface area (Å²) in [5, 5.41) is 1.23. The molecule has 1 heterocycles. The topological polar surface area (TPSA) is 59.0 Å². The van der Waals surface area contributed by atoms with Gasteiger partial charge in [0, 0.05) is 41.2 Å². The Morgan fingerprint density at radius 1 is 0.972 bits per heavy atom. The first-order valence-electron chi connectivity index (χ1n) is 12.1. The first kappa shape index (κ1) is 25.3. The van der Waals surface area contributed by atoms with E-state index in [2.05, 4.69) is 24.3 Å². The van der Waals surface area contributed by atoms with E-state index in [1.165, 1.54) is 34.0 Å². The van der Waals surface area contributed by atoms with Crippen molar-refractivity contribution in [3.63, 3.8) is 0 Å². The predicted octanol–water partition coefficient (Wildman–Crippen LogP) is 6.16. The van der Waals surface area contributed by atoms with E-state index in [4.69, 9.17) is 32.9 Å². The molecule has 0 atom stereocenters. The van der Waals surface area contributed by atoms with Crippen LogP contribution in [-0.2, 0) is 21.9 Å². The van der Waals surface area contributed by atoms with E-state index in [0.29, 0.717) is 10.8 Å². The molecule has 1 aliphatic heterocycles. The number of aliphatic imine (C=N–C) groups is 1. The van der Waals surface area contributed by atoms with E-state index < -0.39 is 10.0 Å². The van der Waals surface area contributed by atoms with Gasteiger partial charge in [0.2, 0.25) is 10.0 Å². The van der Waals surface area contributed by atoms with Gasteiger partial charge >= 0.3 is 0 Å². The van der Waals surface area contributed by atoms with Crippen molar-refractivity contribution >= 4 is 38.9 Å². The lowest BCUT2D eigenvalue weighted by molar-refractivity contribution is 0.286. The Kier molecular flexibility index (Phi) is 7.14. The van der Waals surface area contributed by atoms with Gasteiger partial charge in [-0.05, 0) is 78.9 Å². The van der Waals surface area contributed by atoms with Gasteiger partial charge in [0.1, 0.15) is 12.4 Å². The van der Waals surface area contributed by atoms with Gasteiger partial charge in [0.15, 0.2) is 0 Å². The minimum absolute atomic E-state index is 0.0920. The molecular weight excluding hydrogens is 515 g/mol. The highest BCUT2D eigenvalue weighted by atomic mass is 35.5. The number of halogens is 2. The Morgan fingerprint density at radius 3 is 2.28 bits per heavy atom. The number of benzene rings is 3. The fourth-order valence-corrected chi connectivity index (χ4v) is 6.43. The van der Waals surface area contributed by atoms with Gasteiger partial charge in [-0.25, -0.2) is 8.42 Å². The number of hydrogen-bond donors (Lipinski definition) is 0. The summed E-state index contributed by atoms with van der Waals surface area (Å²) >= 11 is 12.1. The van der Waals surface area contributed by atoms with Crippen LogP contribution in [0.15, 0.2) is 76.6 Å². The Bertz CT molecular complexity index is 1380. The molecule has 0 bridgehead atoms. The van der Waals surface area contributed by atoms with Crippen LogP contribution in [0.3, 0.4) is 0 Å². The van der Waals surface area contributed by atoms with Crippen molar-refractivity contribution in [3.8, 4) is 5.75 Å². The van der Waals surface area contributed by atoms with Gasteiger partial charge in [-0.3, -0.25) is 4.99 Å². The summed E-state index contributed by atoms with van der Waals surface area (Å²) < 4.78 is 33.0. The molecule has 5 nitrogen and oxygen atoms in total. The number of likely N-dealkylation sites (N-methyl/N-ethyl adjacent to an activating group) is 1. The maximum atomic E-state index is 12.8. The van der Waals surface area contributed by atoms with Crippen LogP contribution in [0.25, 0.3) is 0 Å². The predicted molar refractivity (Wildman–Crippen MR) is 145 cm³/mol. The van der Waals surface area contributed by atoms with Crippen LogP contribution in [0, 0.1) is 0 Å². The summed E-state index contributed by atoms with van der Waals surface area (Å²) in [7, 11) is -2.06. The second-order valence-electron chi connectivity index (χ2n) is 9.37. The molecule has 5 rings (SSSR count). The number of sulfonamides is 1. The van der Waals surface area contributed by atoms with Crippen LogP contribution in [0.2, 0.25) is 10.0 Å². The lowest BCUT2D eigenvalue weighted by atomic mass is 9.59. The highest BCUT2D eigenvalue weighted by Gasteiger charge is 2.45. The molecule has 0 spiro atoms. The van der Waals surface area contributed by atoms with Gasteiger partial charge < -0.3 is 4.74 Å². The minimum Gasteiger partial charge on any atom is -0.492 e. The van der Waals surface area contributed by atoms with Gasteiger partial charge in [-0.15, -0.1) is 0 Å². The number of ether oxygens (including phenoxy) is 1. The monoisotopic (exact) mass is 542 g/mol. The standard InChI is InChI=1S/C28H28Cl2N2O3S/c1-32(36(33,34)25-11-8-23(30)9-12-25)17-18-35-24-10-3-20-13-16-31-27(26(20)19-24)28(14-2-15-28)21-4-6-22(29)7-5-21/h3-12,19H,2,13-18H2,1H3. The zero-order chi connectivity index (χ0) is 25.3. The van der Waals surface area contributed by atoms with Crippen molar-refractivity contribution < 1.29 is 13.2 Å². The molecule has 188 valence electrons. The molecular formula is C28H28Cl2N2O3S. The van der Waals surface area contributed by atoms with E-state index in [9.17, 15) is 8.42 Å². The highest BCUT2D eigenvalue weighted by Crippen LogP contribution is 2.48. The highest BCUT2D eigenvalue weighted by molar-refractivity contribution is 7.89. The van der Waals surface area contributed by atoms with E-state index in [1.807, 2.05) is 18.2 Å². The molecule has 2 aliphatic rings. The Balaban J connectivity index is 1.32. The maximum Gasteiger partial charge on any atom is 0.242 e. The van der Waals surface area contributed by atoms with Crippen LogP contribution < -0.4 is 4.74 Å². The van der Waals surface area contributed by atoms with Crippen LogP contribution >= 0.6 is 23.2 Å². The van der Waals surface area contributed by atoms with E-state index in [0.717, 1.165) is 42.1 Å². The number of nitrogens with zero attached hydrogens (tertiary/aromatic N) is 2. The van der Waals surface area contributed by atoms with Crippen LogP contribution in [-0.4, -0.2) is 45.2 Å². The molecule has 0 amide bonds.